The number of aromatic nitrogens is 4. The van der Waals surface area contributed by atoms with Crippen molar-refractivity contribution in [3.05, 3.63) is 72.5 Å². The van der Waals surface area contributed by atoms with Crippen LogP contribution in [0.2, 0.25) is 0 Å². The number of halogens is 1. The van der Waals surface area contributed by atoms with Crippen LogP contribution < -0.4 is 15.5 Å². The molecule has 1 fully saturated rings. The van der Waals surface area contributed by atoms with Crippen molar-refractivity contribution in [2.75, 3.05) is 41.8 Å². The summed E-state index contributed by atoms with van der Waals surface area (Å²) >= 11 is 0. The molecular formula is C24H26FN7O5. The Bertz CT molecular complexity index is 1190. The molecule has 3 aromatic rings. The Morgan fingerprint density at radius 2 is 1.73 bits per heavy atom. The maximum atomic E-state index is 13.2. The molecule has 1 saturated heterocycles. The van der Waals surface area contributed by atoms with Crippen LogP contribution in [0, 0.1) is 5.82 Å². The molecule has 2 aromatic heterocycles. The van der Waals surface area contributed by atoms with Crippen molar-refractivity contribution >= 4 is 35.3 Å². The highest BCUT2D eigenvalue weighted by molar-refractivity contribution is 5.89. The number of nitrogens with zero attached hydrogens (tertiary/aromatic N) is 5. The second-order valence-electron chi connectivity index (χ2n) is 7.68. The van der Waals surface area contributed by atoms with Gasteiger partial charge in [-0.05, 0) is 24.6 Å². The van der Waals surface area contributed by atoms with Crippen LogP contribution >= 0.6 is 0 Å². The molecule has 0 bridgehead atoms. The first-order valence-corrected chi connectivity index (χ1v) is 11.2. The molecule has 194 valence electrons. The SMILES string of the molecule is C[C@H](Nc1nc(Nc2cnccn2)cc(N2CCOCC2)n1)c1ccc(F)cc1.O=C(O)/C=C\C(=O)O. The molecule has 1 atom stereocenters. The Morgan fingerprint density at radius 1 is 1.05 bits per heavy atom. The topological polar surface area (TPSA) is 163 Å². The summed E-state index contributed by atoms with van der Waals surface area (Å²) in [6.07, 6.45) is 5.97. The standard InChI is InChI=1S/C20H22FN7O.C4H4O4/c1-14(15-2-4-16(21)5-3-15)24-20-26-17(25-18-13-22-6-7-23-18)12-19(27-20)28-8-10-29-11-9-28;5-3(6)1-2-4(7)8/h2-7,12-14H,8-11H2,1H3,(H2,23,24,25,26,27);1-2H,(H,5,6)(H,7,8)/b;2-1-/t14-;/m0./s1. The van der Waals surface area contributed by atoms with E-state index in [1.54, 1.807) is 30.7 Å². The predicted molar refractivity (Wildman–Crippen MR) is 133 cm³/mol. The van der Waals surface area contributed by atoms with Gasteiger partial charge in [-0.3, -0.25) is 4.98 Å². The number of hydrogen-bond donors (Lipinski definition) is 4. The molecule has 1 aromatic carbocycles. The average molecular weight is 512 g/mol. The highest BCUT2D eigenvalue weighted by Crippen LogP contribution is 2.24. The van der Waals surface area contributed by atoms with Gasteiger partial charge in [0.05, 0.1) is 25.5 Å². The van der Waals surface area contributed by atoms with Gasteiger partial charge < -0.3 is 30.5 Å². The quantitative estimate of drug-likeness (QED) is 0.328. The number of nitrogens with one attached hydrogen (secondary N) is 2. The Morgan fingerprint density at radius 3 is 2.32 bits per heavy atom. The van der Waals surface area contributed by atoms with Gasteiger partial charge in [0.15, 0.2) is 0 Å². The fraction of sp³-hybridized carbons (Fsp3) is 0.250. The smallest absolute Gasteiger partial charge is 0.328 e. The molecule has 0 amide bonds. The summed E-state index contributed by atoms with van der Waals surface area (Å²) in [4.78, 5) is 38.8. The van der Waals surface area contributed by atoms with Crippen molar-refractivity contribution in [1.82, 2.24) is 19.9 Å². The summed E-state index contributed by atoms with van der Waals surface area (Å²) in [7, 11) is 0. The zero-order chi connectivity index (χ0) is 26.6. The largest absolute Gasteiger partial charge is 0.478 e. The molecule has 12 nitrogen and oxygen atoms in total. The van der Waals surface area contributed by atoms with E-state index < -0.39 is 11.9 Å². The van der Waals surface area contributed by atoms with Gasteiger partial charge in [0, 0.05) is 43.7 Å². The minimum Gasteiger partial charge on any atom is -0.478 e. The third-order valence-electron chi connectivity index (χ3n) is 4.95. The Balaban J connectivity index is 0.000000414. The van der Waals surface area contributed by atoms with Gasteiger partial charge in [-0.25, -0.2) is 19.0 Å². The van der Waals surface area contributed by atoms with Crippen molar-refractivity contribution in [1.29, 1.82) is 0 Å². The minimum absolute atomic E-state index is 0.0973. The first kappa shape index (κ1) is 26.9. The second kappa shape index (κ2) is 13.4. The molecular weight excluding hydrogens is 485 g/mol. The second-order valence-corrected chi connectivity index (χ2v) is 7.68. The Kier molecular flexibility index (Phi) is 9.79. The van der Waals surface area contributed by atoms with Crippen molar-refractivity contribution in [2.24, 2.45) is 0 Å². The van der Waals surface area contributed by atoms with E-state index in [0.717, 1.165) is 24.5 Å². The predicted octanol–water partition coefficient (Wildman–Crippen LogP) is 2.87. The Labute approximate surface area is 211 Å². The highest BCUT2D eigenvalue weighted by Gasteiger charge is 2.16. The van der Waals surface area contributed by atoms with Crippen molar-refractivity contribution in [3.63, 3.8) is 0 Å². The van der Waals surface area contributed by atoms with Crippen LogP contribution in [-0.2, 0) is 14.3 Å². The van der Waals surface area contributed by atoms with Crippen molar-refractivity contribution in [3.8, 4) is 0 Å². The number of anilines is 4. The molecule has 0 aliphatic carbocycles. The average Bonchev–Trinajstić information content (AvgIpc) is 2.89. The van der Waals surface area contributed by atoms with E-state index in [4.69, 9.17) is 14.9 Å². The maximum Gasteiger partial charge on any atom is 0.328 e. The zero-order valence-electron chi connectivity index (χ0n) is 19.9. The summed E-state index contributed by atoms with van der Waals surface area (Å²) in [5.74, 6) is -0.310. The summed E-state index contributed by atoms with van der Waals surface area (Å²) < 4.78 is 18.7. The molecule has 4 rings (SSSR count). The summed E-state index contributed by atoms with van der Waals surface area (Å²) in [5, 5.41) is 22.1. The normalized spacial score (nSPS) is 13.8. The lowest BCUT2D eigenvalue weighted by Gasteiger charge is -2.28. The number of morpholine rings is 1. The molecule has 4 N–H and O–H groups in total. The number of carboxylic acids is 2. The maximum absolute atomic E-state index is 13.2. The Hall–Kier alpha value is -4.65. The minimum atomic E-state index is -1.26. The first-order valence-electron chi connectivity index (χ1n) is 11.2. The fourth-order valence-electron chi connectivity index (χ4n) is 3.18. The molecule has 0 spiro atoms. The van der Waals surface area contributed by atoms with E-state index in [-0.39, 0.29) is 11.9 Å². The molecule has 3 heterocycles. The lowest BCUT2D eigenvalue weighted by atomic mass is 10.1. The summed E-state index contributed by atoms with van der Waals surface area (Å²) in [6.45, 7) is 4.81. The molecule has 0 unspecified atom stereocenters. The molecule has 37 heavy (non-hydrogen) atoms. The third-order valence-corrected chi connectivity index (χ3v) is 4.95. The molecule has 1 aliphatic rings. The van der Waals surface area contributed by atoms with Gasteiger partial charge in [0.1, 0.15) is 23.3 Å². The van der Waals surface area contributed by atoms with E-state index in [9.17, 15) is 14.0 Å². The van der Waals surface area contributed by atoms with Gasteiger partial charge >= 0.3 is 11.9 Å². The highest BCUT2D eigenvalue weighted by atomic mass is 19.1. The summed E-state index contributed by atoms with van der Waals surface area (Å²) in [5.41, 5.74) is 0.940. The number of hydrogen-bond acceptors (Lipinski definition) is 10. The van der Waals surface area contributed by atoms with Gasteiger partial charge in [-0.1, -0.05) is 12.1 Å². The third kappa shape index (κ3) is 9.14. The van der Waals surface area contributed by atoms with E-state index in [1.807, 2.05) is 13.0 Å². The number of carbonyl (C=O) groups is 2. The molecule has 13 heteroatoms. The number of rotatable bonds is 8. The number of aliphatic carboxylic acids is 2. The van der Waals surface area contributed by atoms with Crippen LogP contribution in [-0.4, -0.2) is 68.4 Å². The van der Waals surface area contributed by atoms with Gasteiger partial charge in [0.2, 0.25) is 5.95 Å². The van der Waals surface area contributed by atoms with Crippen molar-refractivity contribution < 1.29 is 28.9 Å². The van der Waals surface area contributed by atoms with Crippen LogP contribution in [0.3, 0.4) is 0 Å². The van der Waals surface area contributed by atoms with E-state index in [1.165, 1.54) is 12.1 Å². The molecule has 0 radical (unpaired) electrons. The van der Waals surface area contributed by atoms with Crippen LogP contribution in [0.15, 0.2) is 61.1 Å². The van der Waals surface area contributed by atoms with Crippen LogP contribution in [0.1, 0.15) is 18.5 Å². The molecule has 0 saturated carbocycles. The van der Waals surface area contributed by atoms with Crippen molar-refractivity contribution in [2.45, 2.75) is 13.0 Å². The lowest BCUT2D eigenvalue weighted by molar-refractivity contribution is -0.134. The number of benzene rings is 1. The van der Waals surface area contributed by atoms with Gasteiger partial charge in [-0.15, -0.1) is 0 Å². The van der Waals surface area contributed by atoms with Crippen LogP contribution in [0.5, 0.6) is 0 Å². The lowest BCUT2D eigenvalue weighted by Crippen LogP contribution is -2.37. The van der Waals surface area contributed by atoms with Gasteiger partial charge in [-0.2, -0.15) is 9.97 Å². The first-order chi connectivity index (χ1) is 17.8. The zero-order valence-corrected chi connectivity index (χ0v) is 19.9. The fourth-order valence-corrected chi connectivity index (χ4v) is 3.18. The number of ether oxygens (including phenoxy) is 1. The van der Waals surface area contributed by atoms with E-state index in [0.29, 0.717) is 42.9 Å². The number of carboxylic acid groups (broad SMARTS) is 2. The van der Waals surface area contributed by atoms with E-state index in [2.05, 4.69) is 35.5 Å². The summed E-state index contributed by atoms with van der Waals surface area (Å²) in [6, 6.07) is 8.17. The monoisotopic (exact) mass is 511 g/mol. The van der Waals surface area contributed by atoms with E-state index >= 15 is 0 Å². The van der Waals surface area contributed by atoms with Gasteiger partial charge in [0.25, 0.3) is 0 Å². The molecule has 1 aliphatic heterocycles. The van der Waals surface area contributed by atoms with Crippen LogP contribution in [0.25, 0.3) is 0 Å². The van der Waals surface area contributed by atoms with Crippen LogP contribution in [0.4, 0.5) is 27.8 Å².